The molecule has 0 N–H and O–H groups in total. The fourth-order valence-electron chi connectivity index (χ4n) is 1.33. The van der Waals surface area contributed by atoms with E-state index in [1.807, 2.05) is 23.9 Å². The molecule has 6 heteroatoms. The van der Waals surface area contributed by atoms with Crippen molar-refractivity contribution >= 4 is 34.1 Å². The number of ketones is 1. The molecular formula is C11H13Br2NO2S. The van der Waals surface area contributed by atoms with Crippen molar-refractivity contribution in [3.05, 3.63) is 40.2 Å². The van der Waals surface area contributed by atoms with E-state index >= 15 is 0 Å². The Balaban J connectivity index is 0.00000128. The molecule has 3 nitrogen and oxygen atoms in total. The zero-order valence-corrected chi connectivity index (χ0v) is 13.6. The Morgan fingerprint density at radius 3 is 2.65 bits per heavy atom. The maximum Gasteiger partial charge on any atom is 0.262 e. The second-order valence-electron chi connectivity index (χ2n) is 3.39. The van der Waals surface area contributed by atoms with Crippen LogP contribution in [0.25, 0.3) is 0 Å². The van der Waals surface area contributed by atoms with Crippen molar-refractivity contribution in [2.24, 2.45) is 0 Å². The average molecular weight is 383 g/mol. The van der Waals surface area contributed by atoms with Crippen molar-refractivity contribution in [1.82, 2.24) is 0 Å². The molecule has 0 fully saturated rings. The van der Waals surface area contributed by atoms with Gasteiger partial charge in [-0.05, 0) is 19.1 Å². The van der Waals surface area contributed by atoms with Gasteiger partial charge >= 0.3 is 0 Å². The Labute approximate surface area is 125 Å². The summed E-state index contributed by atoms with van der Waals surface area (Å²) >= 11 is 1.65. The summed E-state index contributed by atoms with van der Waals surface area (Å²) in [5.41, 5.74) is 3.10. The van der Waals surface area contributed by atoms with Gasteiger partial charge in [-0.3, -0.25) is 4.79 Å². The van der Waals surface area contributed by atoms with E-state index in [2.05, 4.69) is 0 Å². The molecular weight excluding hydrogens is 370 g/mol. The van der Waals surface area contributed by atoms with Gasteiger partial charge in [0, 0.05) is 6.92 Å². The lowest BCUT2D eigenvalue weighted by atomic mass is 10.3. The number of halogens is 2. The van der Waals surface area contributed by atoms with Crippen LogP contribution in [0.5, 0.6) is 0 Å². The van der Waals surface area contributed by atoms with E-state index in [0.29, 0.717) is 12.3 Å². The Hall–Kier alpha value is -0.460. The SMILES string of the molecule is Br.Cc1sc[n+](CC(=O)c2ccco2)c1C.[Br-]. The second kappa shape index (κ2) is 7.08. The number of carbonyl (C=O) groups is 1. The van der Waals surface area contributed by atoms with Crippen molar-refractivity contribution < 1.29 is 30.8 Å². The molecule has 0 aliphatic rings. The van der Waals surface area contributed by atoms with Crippen LogP contribution in [-0.2, 0) is 6.54 Å². The van der Waals surface area contributed by atoms with Gasteiger partial charge in [0.15, 0.2) is 11.5 Å². The summed E-state index contributed by atoms with van der Waals surface area (Å²) in [6, 6.07) is 3.42. The quantitative estimate of drug-likeness (QED) is 0.540. The molecule has 2 aromatic rings. The summed E-state index contributed by atoms with van der Waals surface area (Å²) in [5.74, 6) is 0.427. The maximum absolute atomic E-state index is 11.7. The largest absolute Gasteiger partial charge is 1.00 e. The number of nitrogens with zero attached hydrogens (tertiary/aromatic N) is 1. The molecule has 0 aromatic carbocycles. The van der Waals surface area contributed by atoms with Crippen LogP contribution in [0.4, 0.5) is 0 Å². The highest BCUT2D eigenvalue weighted by molar-refractivity contribution is 8.93. The van der Waals surface area contributed by atoms with Gasteiger partial charge in [-0.25, -0.2) is 0 Å². The van der Waals surface area contributed by atoms with Gasteiger partial charge in [0.25, 0.3) is 5.78 Å². The Kier molecular flexibility index (Phi) is 6.89. The number of rotatable bonds is 3. The normalized spacial score (nSPS) is 9.29. The number of aromatic nitrogens is 1. The van der Waals surface area contributed by atoms with Crippen molar-refractivity contribution in [2.45, 2.75) is 20.4 Å². The highest BCUT2D eigenvalue weighted by Crippen LogP contribution is 2.08. The maximum atomic E-state index is 11.7. The van der Waals surface area contributed by atoms with Crippen LogP contribution >= 0.6 is 28.3 Å². The average Bonchev–Trinajstić information content (AvgIpc) is 2.83. The second-order valence-corrected chi connectivity index (χ2v) is 4.45. The first-order valence-electron chi connectivity index (χ1n) is 4.69. The molecule has 94 valence electrons. The molecule has 0 radical (unpaired) electrons. The van der Waals surface area contributed by atoms with Crippen LogP contribution in [0.3, 0.4) is 0 Å². The standard InChI is InChI=1S/C11H12NO2S.2BrH/c1-8-9(2)15-7-12(8)6-10(13)11-4-3-5-14-11;;/h3-5,7H,6H2,1-2H3;2*1H/q+1;;/p-1. The summed E-state index contributed by atoms with van der Waals surface area (Å²) in [7, 11) is 0. The van der Waals surface area contributed by atoms with Crippen LogP contribution in [0.15, 0.2) is 28.3 Å². The van der Waals surface area contributed by atoms with Crippen LogP contribution in [0.1, 0.15) is 21.1 Å². The van der Waals surface area contributed by atoms with Gasteiger partial charge in [0.2, 0.25) is 12.1 Å². The number of thiazole rings is 1. The number of aryl methyl sites for hydroxylation is 1. The van der Waals surface area contributed by atoms with Crippen LogP contribution in [-0.4, -0.2) is 5.78 Å². The molecule has 0 unspecified atom stereocenters. The van der Waals surface area contributed by atoms with Crippen molar-refractivity contribution in [1.29, 1.82) is 0 Å². The summed E-state index contributed by atoms with van der Waals surface area (Å²) < 4.78 is 7.00. The minimum Gasteiger partial charge on any atom is -1.00 e. The molecule has 2 rings (SSSR count). The Morgan fingerprint density at radius 1 is 1.47 bits per heavy atom. The van der Waals surface area contributed by atoms with E-state index in [0.717, 1.165) is 5.69 Å². The van der Waals surface area contributed by atoms with Gasteiger partial charge in [-0.15, -0.1) is 17.0 Å². The first-order valence-corrected chi connectivity index (χ1v) is 5.57. The van der Waals surface area contributed by atoms with Gasteiger partial charge in [-0.2, -0.15) is 4.57 Å². The van der Waals surface area contributed by atoms with Gasteiger partial charge in [-0.1, -0.05) is 11.3 Å². The highest BCUT2D eigenvalue weighted by Gasteiger charge is 2.18. The van der Waals surface area contributed by atoms with E-state index in [-0.39, 0.29) is 39.7 Å². The molecule has 0 amide bonds. The molecule has 0 bridgehead atoms. The highest BCUT2D eigenvalue weighted by atomic mass is 79.9. The van der Waals surface area contributed by atoms with E-state index in [1.165, 1.54) is 11.1 Å². The molecule has 0 atom stereocenters. The third kappa shape index (κ3) is 3.76. The third-order valence-electron chi connectivity index (χ3n) is 2.41. The van der Waals surface area contributed by atoms with Crippen molar-refractivity contribution in [2.75, 3.05) is 0 Å². The summed E-state index contributed by atoms with van der Waals surface area (Å²) in [5, 5.41) is 0. The topological polar surface area (TPSA) is 34.1 Å². The summed E-state index contributed by atoms with van der Waals surface area (Å²) in [6.45, 7) is 4.42. The minimum atomic E-state index is 0. The fourth-order valence-corrected chi connectivity index (χ4v) is 2.14. The number of hydrogen-bond acceptors (Lipinski definition) is 3. The minimum absolute atomic E-state index is 0. The number of carbonyl (C=O) groups excluding carboxylic acids is 1. The lowest BCUT2D eigenvalue weighted by Gasteiger charge is -1.93. The van der Waals surface area contributed by atoms with E-state index in [4.69, 9.17) is 4.42 Å². The zero-order chi connectivity index (χ0) is 10.8. The predicted molar refractivity (Wildman–Crippen MR) is 67.3 cm³/mol. The Morgan fingerprint density at radius 2 is 2.18 bits per heavy atom. The molecule has 2 aromatic heterocycles. The van der Waals surface area contributed by atoms with E-state index in [1.54, 1.807) is 23.5 Å². The molecule has 0 spiro atoms. The monoisotopic (exact) mass is 381 g/mol. The van der Waals surface area contributed by atoms with E-state index < -0.39 is 0 Å². The first-order chi connectivity index (χ1) is 7.18. The molecule has 0 saturated heterocycles. The molecule has 0 saturated carbocycles. The molecule has 17 heavy (non-hydrogen) atoms. The predicted octanol–water partition coefficient (Wildman–Crippen LogP) is -0.290. The zero-order valence-electron chi connectivity index (χ0n) is 9.47. The number of hydrogen-bond donors (Lipinski definition) is 0. The third-order valence-corrected chi connectivity index (χ3v) is 3.42. The smallest absolute Gasteiger partial charge is 0.262 e. The first kappa shape index (κ1) is 16.5. The van der Waals surface area contributed by atoms with Gasteiger partial charge in [0.05, 0.1) is 11.1 Å². The van der Waals surface area contributed by atoms with Crippen LogP contribution in [0, 0.1) is 13.8 Å². The lowest BCUT2D eigenvalue weighted by Crippen LogP contribution is -3.00. The van der Waals surface area contributed by atoms with Crippen molar-refractivity contribution in [3.8, 4) is 0 Å². The lowest BCUT2D eigenvalue weighted by molar-refractivity contribution is -0.684. The van der Waals surface area contributed by atoms with Crippen molar-refractivity contribution in [3.63, 3.8) is 0 Å². The molecule has 0 aliphatic carbocycles. The van der Waals surface area contributed by atoms with Crippen LogP contribution in [0.2, 0.25) is 0 Å². The number of furan rings is 1. The molecule has 0 aliphatic heterocycles. The molecule has 2 heterocycles. The summed E-state index contributed by atoms with van der Waals surface area (Å²) in [4.78, 5) is 13.0. The van der Waals surface area contributed by atoms with Crippen LogP contribution < -0.4 is 21.5 Å². The number of Topliss-reactive ketones (excluding diaryl/α,β-unsaturated/α-hetero) is 1. The Bertz CT molecular complexity index is 480. The van der Waals surface area contributed by atoms with Gasteiger partial charge < -0.3 is 21.4 Å². The van der Waals surface area contributed by atoms with Gasteiger partial charge in [0.1, 0.15) is 0 Å². The van der Waals surface area contributed by atoms with E-state index in [9.17, 15) is 4.79 Å². The summed E-state index contributed by atoms with van der Waals surface area (Å²) in [6.07, 6.45) is 1.52. The fraction of sp³-hybridized carbons (Fsp3) is 0.273.